The maximum atomic E-state index is 15.1. The predicted octanol–water partition coefficient (Wildman–Crippen LogP) is 6.20. The Kier molecular flexibility index (Phi) is 12.1. The molecule has 0 aromatic carbocycles. The molecule has 0 saturated heterocycles. The molecule has 0 amide bonds. The molecular formula is C22H43FN2O2Sn2. The molecule has 1 heterocycles. The monoisotopic (exact) mass is 626 g/mol. The van der Waals surface area contributed by atoms with E-state index in [-0.39, 0.29) is 5.69 Å². The van der Waals surface area contributed by atoms with E-state index >= 15 is 4.39 Å². The van der Waals surface area contributed by atoms with Crippen molar-refractivity contribution in [2.24, 2.45) is 0 Å². The molecule has 0 bridgehead atoms. The van der Waals surface area contributed by atoms with Crippen molar-refractivity contribution in [3.8, 4) is 0 Å². The standard InChI is InChI=1S/C4H3FN2O2.6C3H7.2Sn/c5-2-1-6-4(9)7-3(2)8;6*1-3-2;;/h1H,(H2,6,7,8,9);6*1,3H2,2H3;;/q;;;;;;;2*+1/p-2. The zero-order chi connectivity index (χ0) is 22.1. The first-order valence-electron chi connectivity index (χ1n) is 11.9. The molecule has 168 valence electrons. The Morgan fingerprint density at radius 3 is 1.38 bits per heavy atom. The van der Waals surface area contributed by atoms with Gasteiger partial charge in [-0.15, -0.1) is 0 Å². The van der Waals surface area contributed by atoms with Crippen molar-refractivity contribution in [1.82, 2.24) is 5.58 Å². The average Bonchev–Trinajstić information content (AvgIpc) is 2.66. The Bertz CT molecular complexity index is 711. The van der Waals surface area contributed by atoms with E-state index in [1.807, 2.05) is 2.79 Å². The predicted molar refractivity (Wildman–Crippen MR) is 128 cm³/mol. The first kappa shape index (κ1) is 27.2. The summed E-state index contributed by atoms with van der Waals surface area (Å²) in [7, 11) is 0. The molecule has 1 aromatic rings. The van der Waals surface area contributed by atoms with Crippen LogP contribution in [0.3, 0.4) is 0 Å². The molecule has 0 aliphatic rings. The van der Waals surface area contributed by atoms with Gasteiger partial charge in [0.2, 0.25) is 0 Å². The zero-order valence-corrected chi connectivity index (χ0v) is 25.4. The summed E-state index contributed by atoms with van der Waals surface area (Å²) in [6.45, 7) is 12.9. The number of rotatable bonds is 14. The van der Waals surface area contributed by atoms with Gasteiger partial charge in [0.1, 0.15) is 0 Å². The van der Waals surface area contributed by atoms with E-state index in [1.54, 1.807) is 2.79 Å². The summed E-state index contributed by atoms with van der Waals surface area (Å²) in [5.74, 6) is -0.696. The summed E-state index contributed by atoms with van der Waals surface area (Å²) in [5.41, 5.74) is -0.754. The van der Waals surface area contributed by atoms with Crippen LogP contribution < -0.4 is 11.2 Å². The molecule has 1 aromatic heterocycles. The van der Waals surface area contributed by atoms with Gasteiger partial charge in [0.05, 0.1) is 0 Å². The van der Waals surface area contributed by atoms with Crippen molar-refractivity contribution in [1.29, 1.82) is 0 Å². The van der Waals surface area contributed by atoms with E-state index in [0.717, 1.165) is 65.1 Å². The van der Waals surface area contributed by atoms with Crippen LogP contribution in [0.5, 0.6) is 0 Å². The Hall–Kier alpha value is 0.207. The van der Waals surface area contributed by atoms with E-state index in [4.69, 9.17) is 0 Å². The third kappa shape index (κ3) is 6.13. The zero-order valence-electron chi connectivity index (χ0n) is 19.7. The van der Waals surface area contributed by atoms with E-state index in [1.165, 1.54) is 6.20 Å². The molecule has 0 radical (unpaired) electrons. The Morgan fingerprint density at radius 1 is 0.690 bits per heavy atom. The van der Waals surface area contributed by atoms with Crippen molar-refractivity contribution in [2.75, 3.05) is 0 Å². The molecule has 4 nitrogen and oxygen atoms in total. The second-order valence-electron chi connectivity index (χ2n) is 8.72. The van der Waals surface area contributed by atoms with Crippen molar-refractivity contribution in [2.45, 2.75) is 107 Å². The quantitative estimate of drug-likeness (QED) is 0.232. The normalized spacial score (nSPS) is 12.5. The molecule has 0 aliphatic heterocycles. The van der Waals surface area contributed by atoms with Crippen LogP contribution in [0.2, 0.25) is 26.6 Å². The van der Waals surface area contributed by atoms with E-state index in [2.05, 4.69) is 41.5 Å². The Morgan fingerprint density at radius 2 is 1.03 bits per heavy atom. The molecule has 0 spiro atoms. The van der Waals surface area contributed by atoms with Gasteiger partial charge < -0.3 is 0 Å². The number of aromatic nitrogens is 2. The van der Waals surface area contributed by atoms with Crippen molar-refractivity contribution in [3.05, 3.63) is 32.9 Å². The molecule has 0 aliphatic carbocycles. The second-order valence-corrected chi connectivity index (χ2v) is 33.9. The minimum atomic E-state index is -3.35. The molecule has 0 unspecified atom stereocenters. The maximum absolute atomic E-state index is 15.1. The molecule has 1 rings (SSSR count). The summed E-state index contributed by atoms with van der Waals surface area (Å²) in [6, 6.07) is 0. The molecule has 0 atom stereocenters. The summed E-state index contributed by atoms with van der Waals surface area (Å²) < 4.78 is 24.5. The van der Waals surface area contributed by atoms with Gasteiger partial charge in [-0.2, -0.15) is 0 Å². The Labute approximate surface area is 185 Å². The van der Waals surface area contributed by atoms with Crippen LogP contribution >= 0.6 is 0 Å². The van der Waals surface area contributed by atoms with Gasteiger partial charge in [-0.1, -0.05) is 0 Å². The molecular weight excluding hydrogens is 581 g/mol. The van der Waals surface area contributed by atoms with Crippen LogP contribution in [-0.2, 0) is 0 Å². The van der Waals surface area contributed by atoms with Crippen LogP contribution in [0.4, 0.5) is 4.39 Å². The summed E-state index contributed by atoms with van der Waals surface area (Å²) in [5, 5.41) is 0. The summed E-state index contributed by atoms with van der Waals surface area (Å²) in [4.78, 5) is 27.0. The van der Waals surface area contributed by atoms with Gasteiger partial charge in [-0.25, -0.2) is 0 Å². The van der Waals surface area contributed by atoms with Gasteiger partial charge in [0.25, 0.3) is 0 Å². The Balaban J connectivity index is 3.94. The summed E-state index contributed by atoms with van der Waals surface area (Å²) >= 11 is -6.49. The fourth-order valence-electron chi connectivity index (χ4n) is 5.52. The molecule has 7 heteroatoms. The number of nitrogens with zero attached hydrogens (tertiary/aromatic N) is 2. The van der Waals surface area contributed by atoms with Crippen LogP contribution in [0.25, 0.3) is 0 Å². The van der Waals surface area contributed by atoms with Gasteiger partial charge in [0, 0.05) is 0 Å². The van der Waals surface area contributed by atoms with Gasteiger partial charge in [0.15, 0.2) is 0 Å². The van der Waals surface area contributed by atoms with E-state index in [0.29, 0.717) is 0 Å². The fourth-order valence-corrected chi connectivity index (χ4v) is 36.1. The molecule has 0 fully saturated rings. The van der Waals surface area contributed by atoms with E-state index in [9.17, 15) is 9.59 Å². The number of hydrogen-bond donors (Lipinski definition) is 0. The summed E-state index contributed by atoms with van der Waals surface area (Å²) in [6.07, 6.45) is 7.30. The van der Waals surface area contributed by atoms with Gasteiger partial charge >= 0.3 is 187 Å². The van der Waals surface area contributed by atoms with E-state index < -0.39 is 48.7 Å². The molecule has 29 heavy (non-hydrogen) atoms. The third-order valence-corrected chi connectivity index (χ3v) is 38.5. The van der Waals surface area contributed by atoms with Gasteiger partial charge in [-0.05, 0) is 0 Å². The van der Waals surface area contributed by atoms with Crippen LogP contribution in [-0.4, -0.2) is 42.9 Å². The first-order chi connectivity index (χ1) is 13.8. The number of halogens is 1. The third-order valence-electron chi connectivity index (χ3n) is 6.32. The topological polar surface area (TPSA) is 44.0 Å². The van der Waals surface area contributed by atoms with Crippen molar-refractivity contribution < 1.29 is 4.39 Å². The fraction of sp³-hybridized carbons (Fsp3) is 0.818. The molecule has 0 N–H and O–H groups in total. The average molecular weight is 624 g/mol. The first-order valence-corrected chi connectivity index (χ1v) is 26.5. The second kappa shape index (κ2) is 12.9. The van der Waals surface area contributed by atoms with Gasteiger partial charge in [-0.3, -0.25) is 0 Å². The van der Waals surface area contributed by atoms with Crippen LogP contribution in [0.1, 0.15) is 80.1 Å². The van der Waals surface area contributed by atoms with Crippen molar-refractivity contribution >= 4 is 37.3 Å². The number of hydrogen-bond acceptors (Lipinski definition) is 2. The minimum absolute atomic E-state index is 0.131. The molecule has 0 saturated carbocycles. The SMILES string of the molecule is CC[CH2][Sn]([CH2]CC)([CH2]CC)[n]1cc(F)c(=O)[n]([Sn]([CH2]CC)([CH2]CC)[CH2]CC)c1=O. The van der Waals surface area contributed by atoms with Crippen molar-refractivity contribution in [3.63, 3.8) is 0 Å². The van der Waals surface area contributed by atoms with Crippen LogP contribution in [0.15, 0.2) is 15.8 Å². The van der Waals surface area contributed by atoms with Crippen LogP contribution in [0, 0.1) is 5.82 Å².